The number of ether oxygens (including phenoxy) is 1. The van der Waals surface area contributed by atoms with Crippen molar-refractivity contribution < 1.29 is 9.15 Å². The van der Waals surface area contributed by atoms with Gasteiger partial charge in [0.2, 0.25) is 0 Å². The lowest BCUT2D eigenvalue weighted by atomic mass is 9.95. The zero-order valence-electron chi connectivity index (χ0n) is 15.2. The normalized spacial score (nSPS) is 16.2. The number of rotatable bonds is 3. The van der Waals surface area contributed by atoms with Crippen LogP contribution < -0.4 is 10.1 Å². The maximum Gasteiger partial charge on any atom is 0.137 e. The Kier molecular flexibility index (Phi) is 4.21. The summed E-state index contributed by atoms with van der Waals surface area (Å²) in [6.07, 6.45) is 6.11. The summed E-state index contributed by atoms with van der Waals surface area (Å²) >= 11 is 6.59. The van der Waals surface area contributed by atoms with E-state index in [-0.39, 0.29) is 0 Å². The van der Waals surface area contributed by atoms with E-state index in [9.17, 15) is 0 Å². The lowest BCUT2D eigenvalue weighted by Crippen LogP contribution is -2.15. The standard InChI is InChI=1S/C23H19ClN2O2/c24-21-11-17(27-16-7-5-15(25)6-8-16)10-18-19(21)12-26-13-20(18)23-9-14-3-1-2-4-22(14)28-23/h1-4,7,9-11,13,25-26H,5-6,8,12H2. The summed E-state index contributed by atoms with van der Waals surface area (Å²) in [5.41, 5.74) is 4.62. The first-order valence-electron chi connectivity index (χ1n) is 9.36. The molecule has 1 aliphatic carbocycles. The van der Waals surface area contributed by atoms with Crippen LogP contribution >= 0.6 is 11.6 Å². The fraction of sp³-hybridized carbons (Fsp3) is 0.174. The van der Waals surface area contributed by atoms with Crippen LogP contribution in [-0.2, 0) is 6.54 Å². The molecule has 0 atom stereocenters. The number of nitrogens with one attached hydrogen (secondary N) is 2. The quantitative estimate of drug-likeness (QED) is 0.572. The van der Waals surface area contributed by atoms with Crippen molar-refractivity contribution in [2.24, 2.45) is 0 Å². The van der Waals surface area contributed by atoms with Gasteiger partial charge in [0.1, 0.15) is 22.9 Å². The van der Waals surface area contributed by atoms with Crippen LogP contribution in [0, 0.1) is 5.41 Å². The summed E-state index contributed by atoms with van der Waals surface area (Å²) in [4.78, 5) is 0. The first-order chi connectivity index (χ1) is 13.7. The molecule has 0 saturated carbocycles. The van der Waals surface area contributed by atoms with Crippen molar-refractivity contribution in [2.45, 2.75) is 25.8 Å². The van der Waals surface area contributed by atoms with E-state index in [0.29, 0.717) is 23.7 Å². The minimum atomic E-state index is 0.655. The zero-order chi connectivity index (χ0) is 19.1. The third-order valence-electron chi connectivity index (χ3n) is 5.17. The van der Waals surface area contributed by atoms with Crippen LogP contribution in [-0.4, -0.2) is 5.71 Å². The number of fused-ring (bicyclic) bond motifs is 2. The first kappa shape index (κ1) is 17.1. The molecule has 2 N–H and O–H groups in total. The number of hydrogen-bond acceptors (Lipinski definition) is 4. The van der Waals surface area contributed by atoms with Crippen LogP contribution in [0.25, 0.3) is 16.5 Å². The van der Waals surface area contributed by atoms with Gasteiger partial charge < -0.3 is 19.9 Å². The molecule has 0 fully saturated rings. The van der Waals surface area contributed by atoms with Gasteiger partial charge in [-0.3, -0.25) is 0 Å². The molecule has 2 heterocycles. The molecule has 0 saturated heterocycles. The molecule has 0 bridgehead atoms. The Morgan fingerprint density at radius 2 is 2.00 bits per heavy atom. The van der Waals surface area contributed by atoms with Crippen molar-refractivity contribution in [3.8, 4) is 5.75 Å². The van der Waals surface area contributed by atoms with Crippen molar-refractivity contribution >= 4 is 33.9 Å². The Morgan fingerprint density at radius 3 is 2.82 bits per heavy atom. The van der Waals surface area contributed by atoms with E-state index in [1.807, 2.05) is 48.7 Å². The molecule has 140 valence electrons. The van der Waals surface area contributed by atoms with E-state index in [0.717, 1.165) is 57.7 Å². The Balaban J connectivity index is 1.54. The van der Waals surface area contributed by atoms with E-state index < -0.39 is 0 Å². The van der Waals surface area contributed by atoms with Gasteiger partial charge in [-0.25, -0.2) is 0 Å². The largest absolute Gasteiger partial charge is 0.462 e. The predicted molar refractivity (Wildman–Crippen MR) is 112 cm³/mol. The van der Waals surface area contributed by atoms with Crippen LogP contribution in [0.5, 0.6) is 5.75 Å². The number of furan rings is 1. The third-order valence-corrected chi connectivity index (χ3v) is 5.51. The van der Waals surface area contributed by atoms with Crippen LogP contribution in [0.4, 0.5) is 0 Å². The molecule has 2 aromatic carbocycles. The van der Waals surface area contributed by atoms with E-state index in [1.54, 1.807) is 0 Å². The SMILES string of the molecule is N=C1CC=C(Oc2cc(Cl)c3c(c2)C(c2cc4ccccc4o2)=CNC3)CC1. The lowest BCUT2D eigenvalue weighted by Gasteiger charge is -2.21. The molecule has 4 nitrogen and oxygen atoms in total. The Bertz CT molecular complexity index is 1120. The van der Waals surface area contributed by atoms with E-state index in [2.05, 4.69) is 11.4 Å². The van der Waals surface area contributed by atoms with E-state index in [1.165, 1.54) is 0 Å². The van der Waals surface area contributed by atoms with E-state index >= 15 is 0 Å². The Morgan fingerprint density at radius 1 is 1.11 bits per heavy atom. The molecule has 0 spiro atoms. The predicted octanol–water partition coefficient (Wildman–Crippen LogP) is 6.04. The number of benzene rings is 2. The van der Waals surface area contributed by atoms with Gasteiger partial charge in [0.15, 0.2) is 0 Å². The number of allylic oxidation sites excluding steroid dienone is 2. The maximum absolute atomic E-state index is 7.74. The molecular weight excluding hydrogens is 372 g/mol. The van der Waals surface area contributed by atoms with Crippen molar-refractivity contribution in [1.82, 2.24) is 5.32 Å². The number of halogens is 1. The van der Waals surface area contributed by atoms with Gasteiger partial charge >= 0.3 is 0 Å². The molecule has 0 radical (unpaired) electrons. The van der Waals surface area contributed by atoms with Crippen LogP contribution in [0.2, 0.25) is 5.02 Å². The molecule has 3 aromatic rings. The summed E-state index contributed by atoms with van der Waals surface area (Å²) in [6.45, 7) is 0.665. The van der Waals surface area contributed by atoms with Crippen LogP contribution in [0.15, 0.2) is 64.9 Å². The van der Waals surface area contributed by atoms with Gasteiger partial charge in [0, 0.05) is 47.3 Å². The highest BCUT2D eigenvalue weighted by atomic mass is 35.5. The van der Waals surface area contributed by atoms with Gasteiger partial charge in [0.25, 0.3) is 0 Å². The smallest absolute Gasteiger partial charge is 0.137 e. The van der Waals surface area contributed by atoms with Crippen molar-refractivity contribution in [1.29, 1.82) is 5.41 Å². The average Bonchev–Trinajstić information content (AvgIpc) is 3.13. The molecule has 5 rings (SSSR count). The topological polar surface area (TPSA) is 58.2 Å². The Hall–Kier alpha value is -2.98. The third kappa shape index (κ3) is 3.10. The average molecular weight is 391 g/mol. The Labute approximate surface area is 168 Å². The second kappa shape index (κ2) is 6.88. The monoisotopic (exact) mass is 390 g/mol. The molecule has 28 heavy (non-hydrogen) atoms. The zero-order valence-corrected chi connectivity index (χ0v) is 16.0. The van der Waals surface area contributed by atoms with E-state index in [4.69, 9.17) is 26.2 Å². The molecule has 0 unspecified atom stereocenters. The molecule has 0 amide bonds. The minimum absolute atomic E-state index is 0.655. The van der Waals surface area contributed by atoms with Gasteiger partial charge in [-0.05, 0) is 47.9 Å². The highest BCUT2D eigenvalue weighted by molar-refractivity contribution is 6.31. The second-order valence-corrected chi connectivity index (χ2v) is 7.51. The highest BCUT2D eigenvalue weighted by Crippen LogP contribution is 2.38. The molecule has 5 heteroatoms. The molecule has 1 aromatic heterocycles. The second-order valence-electron chi connectivity index (χ2n) is 7.10. The molecule has 2 aliphatic rings. The highest BCUT2D eigenvalue weighted by Gasteiger charge is 2.21. The van der Waals surface area contributed by atoms with Gasteiger partial charge in [-0.15, -0.1) is 0 Å². The van der Waals surface area contributed by atoms with Crippen molar-refractivity contribution in [3.05, 3.63) is 82.4 Å². The number of hydrogen-bond donors (Lipinski definition) is 2. The van der Waals surface area contributed by atoms with Gasteiger partial charge in [-0.2, -0.15) is 0 Å². The lowest BCUT2D eigenvalue weighted by molar-refractivity contribution is 0.400. The van der Waals surface area contributed by atoms with Crippen molar-refractivity contribution in [3.63, 3.8) is 0 Å². The van der Waals surface area contributed by atoms with Crippen LogP contribution in [0.3, 0.4) is 0 Å². The molecular formula is C23H19ClN2O2. The van der Waals surface area contributed by atoms with Crippen LogP contribution in [0.1, 0.15) is 36.1 Å². The summed E-state index contributed by atoms with van der Waals surface area (Å²) in [5, 5.41) is 12.8. The van der Waals surface area contributed by atoms with Crippen molar-refractivity contribution in [2.75, 3.05) is 0 Å². The number of para-hydroxylation sites is 1. The first-order valence-corrected chi connectivity index (χ1v) is 9.73. The fourth-order valence-corrected chi connectivity index (χ4v) is 3.98. The maximum atomic E-state index is 7.74. The van der Waals surface area contributed by atoms with Gasteiger partial charge in [-0.1, -0.05) is 29.8 Å². The summed E-state index contributed by atoms with van der Waals surface area (Å²) in [6, 6.07) is 13.9. The molecule has 1 aliphatic heterocycles. The summed E-state index contributed by atoms with van der Waals surface area (Å²) < 4.78 is 12.2. The minimum Gasteiger partial charge on any atom is -0.462 e. The fourth-order valence-electron chi connectivity index (χ4n) is 3.70. The summed E-state index contributed by atoms with van der Waals surface area (Å²) in [7, 11) is 0. The van der Waals surface area contributed by atoms with Gasteiger partial charge in [0.05, 0.1) is 0 Å². The summed E-state index contributed by atoms with van der Waals surface area (Å²) in [5.74, 6) is 2.41.